The van der Waals surface area contributed by atoms with Crippen molar-refractivity contribution < 1.29 is 5.11 Å². The van der Waals surface area contributed by atoms with Crippen molar-refractivity contribution in [2.75, 3.05) is 7.05 Å². The molecule has 0 spiro atoms. The van der Waals surface area contributed by atoms with Crippen molar-refractivity contribution in [3.8, 4) is 0 Å². The summed E-state index contributed by atoms with van der Waals surface area (Å²) in [6.07, 6.45) is 5.32. The lowest BCUT2D eigenvalue weighted by Crippen LogP contribution is -2.19. The predicted octanol–water partition coefficient (Wildman–Crippen LogP) is 2.75. The van der Waals surface area contributed by atoms with Gasteiger partial charge < -0.3 is 10.1 Å². The lowest BCUT2D eigenvalue weighted by atomic mass is 9.98. The molecule has 0 saturated heterocycles. The van der Waals surface area contributed by atoms with Crippen LogP contribution in [0.25, 0.3) is 0 Å². The van der Waals surface area contributed by atoms with E-state index in [1.54, 1.807) is 6.20 Å². The molecule has 0 radical (unpaired) electrons. The molecule has 0 bridgehead atoms. The van der Waals surface area contributed by atoms with Crippen molar-refractivity contribution in [1.82, 2.24) is 14.9 Å². The van der Waals surface area contributed by atoms with E-state index >= 15 is 0 Å². The third kappa shape index (κ3) is 5.69. The smallest absolute Gasteiger partial charge is 0.120 e. The van der Waals surface area contributed by atoms with Crippen molar-refractivity contribution in [1.29, 1.82) is 0 Å². The van der Waals surface area contributed by atoms with Crippen molar-refractivity contribution in [3.63, 3.8) is 0 Å². The van der Waals surface area contributed by atoms with Crippen LogP contribution in [0.15, 0.2) is 36.7 Å². The number of aliphatic hydroxyl groups is 1. The van der Waals surface area contributed by atoms with E-state index in [1.807, 2.05) is 20.0 Å². The number of aromatic nitrogens is 2. The summed E-state index contributed by atoms with van der Waals surface area (Å²) >= 11 is 0. The summed E-state index contributed by atoms with van der Waals surface area (Å²) in [7, 11) is 2.09. The maximum atomic E-state index is 9.76. The average molecular weight is 287 g/mol. The number of imidazole rings is 1. The van der Waals surface area contributed by atoms with Gasteiger partial charge >= 0.3 is 0 Å². The Morgan fingerprint density at radius 2 is 1.81 bits per heavy atom. The van der Waals surface area contributed by atoms with Gasteiger partial charge in [-0.2, -0.15) is 0 Å². The minimum Gasteiger partial charge on any atom is -0.390 e. The van der Waals surface area contributed by atoms with Crippen LogP contribution < -0.4 is 0 Å². The van der Waals surface area contributed by atoms with E-state index in [0.29, 0.717) is 0 Å². The fourth-order valence-corrected chi connectivity index (χ4v) is 2.27. The molecule has 2 aromatic rings. The Hall–Kier alpha value is -1.65. The molecule has 1 aromatic heterocycles. The molecule has 1 heterocycles. The second-order valence-electron chi connectivity index (χ2n) is 6.34. The number of nitrogens with zero attached hydrogens (tertiary/aromatic N) is 2. The van der Waals surface area contributed by atoms with E-state index in [2.05, 4.69) is 46.2 Å². The largest absolute Gasteiger partial charge is 0.390 e. The summed E-state index contributed by atoms with van der Waals surface area (Å²) in [6, 6.07) is 8.64. The molecule has 114 valence electrons. The van der Waals surface area contributed by atoms with Gasteiger partial charge in [-0.1, -0.05) is 24.3 Å². The van der Waals surface area contributed by atoms with Crippen LogP contribution >= 0.6 is 0 Å². The number of rotatable bonds is 7. The topological polar surface area (TPSA) is 52.1 Å². The Morgan fingerprint density at radius 1 is 1.14 bits per heavy atom. The third-order valence-corrected chi connectivity index (χ3v) is 3.48. The van der Waals surface area contributed by atoms with Crippen LogP contribution in [0.5, 0.6) is 0 Å². The minimum absolute atomic E-state index is 0.595. The molecule has 2 N–H and O–H groups in total. The maximum absolute atomic E-state index is 9.76. The average Bonchev–Trinajstić information content (AvgIpc) is 2.89. The van der Waals surface area contributed by atoms with Gasteiger partial charge in [-0.25, -0.2) is 4.98 Å². The highest BCUT2D eigenvalue weighted by molar-refractivity contribution is 5.22. The molecule has 0 amide bonds. The van der Waals surface area contributed by atoms with Gasteiger partial charge in [0.05, 0.1) is 12.1 Å². The maximum Gasteiger partial charge on any atom is 0.120 e. The number of nitrogens with one attached hydrogen (secondary N) is 1. The molecule has 0 fully saturated rings. The molecule has 2 rings (SSSR count). The second kappa shape index (κ2) is 6.87. The molecular formula is C17H25N3O. The first kappa shape index (κ1) is 15.7. The number of aryl methyl sites for hydroxylation is 1. The minimum atomic E-state index is -0.595. The predicted molar refractivity (Wildman–Crippen MR) is 84.8 cm³/mol. The summed E-state index contributed by atoms with van der Waals surface area (Å²) < 4.78 is 0. The summed E-state index contributed by atoms with van der Waals surface area (Å²) in [4.78, 5) is 9.58. The molecular weight excluding hydrogens is 262 g/mol. The highest BCUT2D eigenvalue weighted by Gasteiger charge is 2.12. The van der Waals surface area contributed by atoms with Gasteiger partial charge in [-0.05, 0) is 44.9 Å². The van der Waals surface area contributed by atoms with Crippen LogP contribution in [0.3, 0.4) is 0 Å². The first-order valence-corrected chi connectivity index (χ1v) is 7.39. The monoisotopic (exact) mass is 287 g/mol. The van der Waals surface area contributed by atoms with Gasteiger partial charge in [0.15, 0.2) is 0 Å². The lowest BCUT2D eigenvalue weighted by molar-refractivity contribution is 0.0714. The number of H-pyrrole nitrogens is 1. The first-order valence-electron chi connectivity index (χ1n) is 7.39. The van der Waals surface area contributed by atoms with Crippen LogP contribution in [-0.2, 0) is 19.5 Å². The molecule has 0 aliphatic rings. The number of hydrogen-bond donors (Lipinski definition) is 2. The highest BCUT2D eigenvalue weighted by Crippen LogP contribution is 2.14. The van der Waals surface area contributed by atoms with E-state index in [0.717, 1.165) is 31.8 Å². The highest BCUT2D eigenvalue weighted by atomic mass is 16.3. The van der Waals surface area contributed by atoms with Crippen LogP contribution in [0.4, 0.5) is 0 Å². The van der Waals surface area contributed by atoms with Gasteiger partial charge in [0, 0.05) is 18.9 Å². The van der Waals surface area contributed by atoms with Crippen molar-refractivity contribution in [2.24, 2.45) is 0 Å². The Bertz CT molecular complexity index is 526. The first-order chi connectivity index (χ1) is 9.92. The fraction of sp³-hybridized carbons (Fsp3) is 0.471. The molecule has 21 heavy (non-hydrogen) atoms. The van der Waals surface area contributed by atoms with Gasteiger partial charge in [0.2, 0.25) is 0 Å². The quantitative estimate of drug-likeness (QED) is 0.823. The standard InChI is InChI=1S/C17H25N3O/c1-17(2,21)9-8-14-4-6-15(7-5-14)12-20(3)13-16-18-10-11-19-16/h4-7,10-11,21H,8-9,12-13H2,1-3H3,(H,18,19). The molecule has 0 unspecified atom stereocenters. The van der Waals surface area contributed by atoms with Crippen LogP contribution in [-0.4, -0.2) is 32.6 Å². The number of hydrogen-bond acceptors (Lipinski definition) is 3. The zero-order chi connectivity index (χ0) is 15.3. The molecule has 0 saturated carbocycles. The Balaban J connectivity index is 1.84. The Labute approximate surface area is 126 Å². The SMILES string of the molecule is CN(Cc1ccc(CCC(C)(C)O)cc1)Cc1ncc[nH]1. The van der Waals surface area contributed by atoms with Gasteiger partial charge in [-0.3, -0.25) is 4.90 Å². The molecule has 1 aromatic carbocycles. The van der Waals surface area contributed by atoms with Gasteiger partial charge in [0.25, 0.3) is 0 Å². The van der Waals surface area contributed by atoms with E-state index in [-0.39, 0.29) is 0 Å². The van der Waals surface area contributed by atoms with Crippen molar-refractivity contribution in [3.05, 3.63) is 53.6 Å². The Kier molecular flexibility index (Phi) is 5.15. The Morgan fingerprint density at radius 3 is 2.38 bits per heavy atom. The number of benzene rings is 1. The molecule has 4 nitrogen and oxygen atoms in total. The normalized spacial score (nSPS) is 12.0. The van der Waals surface area contributed by atoms with Crippen LogP contribution in [0.2, 0.25) is 0 Å². The van der Waals surface area contributed by atoms with E-state index < -0.39 is 5.60 Å². The fourth-order valence-electron chi connectivity index (χ4n) is 2.27. The van der Waals surface area contributed by atoms with E-state index in [9.17, 15) is 5.11 Å². The lowest BCUT2D eigenvalue weighted by Gasteiger charge is -2.17. The van der Waals surface area contributed by atoms with Gasteiger partial charge in [-0.15, -0.1) is 0 Å². The van der Waals surface area contributed by atoms with Crippen molar-refractivity contribution >= 4 is 0 Å². The zero-order valence-electron chi connectivity index (χ0n) is 13.1. The number of aromatic amines is 1. The zero-order valence-corrected chi connectivity index (χ0v) is 13.1. The van der Waals surface area contributed by atoms with Crippen molar-refractivity contribution in [2.45, 2.75) is 45.4 Å². The second-order valence-corrected chi connectivity index (χ2v) is 6.34. The summed E-state index contributed by atoms with van der Waals surface area (Å²) in [6.45, 7) is 5.41. The van der Waals surface area contributed by atoms with E-state index in [1.165, 1.54) is 11.1 Å². The summed E-state index contributed by atoms with van der Waals surface area (Å²) in [5.74, 6) is 0.985. The molecule has 0 atom stereocenters. The third-order valence-electron chi connectivity index (χ3n) is 3.48. The molecule has 0 aliphatic carbocycles. The molecule has 4 heteroatoms. The van der Waals surface area contributed by atoms with Crippen LogP contribution in [0, 0.1) is 0 Å². The summed E-state index contributed by atoms with van der Waals surface area (Å²) in [5, 5.41) is 9.76. The molecule has 0 aliphatic heterocycles. The van der Waals surface area contributed by atoms with Gasteiger partial charge in [0.1, 0.15) is 5.82 Å². The summed E-state index contributed by atoms with van der Waals surface area (Å²) in [5.41, 5.74) is 1.97. The van der Waals surface area contributed by atoms with E-state index in [4.69, 9.17) is 0 Å². The van der Waals surface area contributed by atoms with Crippen LogP contribution in [0.1, 0.15) is 37.2 Å².